The van der Waals surface area contributed by atoms with Gasteiger partial charge in [0.25, 0.3) is 0 Å². The van der Waals surface area contributed by atoms with Crippen LogP contribution in [-0.4, -0.2) is 29.6 Å². The van der Waals surface area contributed by atoms with E-state index in [-0.39, 0.29) is 12.4 Å². The number of thiazole rings is 2. The van der Waals surface area contributed by atoms with E-state index in [0.29, 0.717) is 0 Å². The number of ether oxygens (including phenoxy) is 1. The zero-order valence-electron chi connectivity index (χ0n) is 10.8. The van der Waals surface area contributed by atoms with Gasteiger partial charge in [0.05, 0.1) is 29.9 Å². The van der Waals surface area contributed by atoms with Gasteiger partial charge < -0.3 is 10.1 Å². The number of nitrogens with zero attached hydrogens (tertiary/aromatic N) is 2. The van der Waals surface area contributed by atoms with Crippen molar-refractivity contribution in [3.63, 3.8) is 0 Å². The van der Waals surface area contributed by atoms with Gasteiger partial charge in [0.15, 0.2) is 5.13 Å². The highest BCUT2D eigenvalue weighted by atomic mass is 32.1. The first kappa shape index (κ1) is 14.0. The number of rotatable bonds is 6. The van der Waals surface area contributed by atoms with E-state index >= 15 is 0 Å². The molecule has 0 spiro atoms. The summed E-state index contributed by atoms with van der Waals surface area (Å²) < 4.78 is 4.60. The molecule has 5 nitrogen and oxygen atoms in total. The van der Waals surface area contributed by atoms with E-state index < -0.39 is 0 Å². The van der Waals surface area contributed by atoms with E-state index in [1.165, 1.54) is 18.4 Å². The highest BCUT2D eigenvalue weighted by molar-refractivity contribution is 7.13. The van der Waals surface area contributed by atoms with Gasteiger partial charge in [-0.2, -0.15) is 0 Å². The second-order valence-electron chi connectivity index (χ2n) is 3.93. The van der Waals surface area contributed by atoms with Crippen LogP contribution in [0, 0.1) is 6.92 Å². The minimum absolute atomic E-state index is 0.222. The number of aromatic nitrogens is 2. The molecule has 0 fully saturated rings. The van der Waals surface area contributed by atoms with Gasteiger partial charge in [0.2, 0.25) is 0 Å². The molecule has 0 saturated heterocycles. The third-order valence-corrected chi connectivity index (χ3v) is 4.10. The smallest absolute Gasteiger partial charge is 0.311 e. The average molecular weight is 297 g/mol. The fourth-order valence-corrected chi connectivity index (χ4v) is 2.90. The van der Waals surface area contributed by atoms with Gasteiger partial charge in [-0.1, -0.05) is 0 Å². The molecule has 0 aliphatic heterocycles. The number of esters is 1. The highest BCUT2D eigenvalue weighted by Crippen LogP contribution is 2.16. The first-order valence-electron chi connectivity index (χ1n) is 5.83. The molecule has 0 bridgehead atoms. The first-order chi connectivity index (χ1) is 9.17. The Kier molecular flexibility index (Phi) is 4.86. The lowest BCUT2D eigenvalue weighted by Gasteiger charge is -2.00. The van der Waals surface area contributed by atoms with Gasteiger partial charge >= 0.3 is 5.97 Å². The van der Waals surface area contributed by atoms with E-state index in [9.17, 15) is 4.79 Å². The molecular formula is C12H15N3O2S2. The van der Waals surface area contributed by atoms with E-state index in [0.717, 1.165) is 34.5 Å². The van der Waals surface area contributed by atoms with Crippen molar-refractivity contribution in [2.24, 2.45) is 0 Å². The summed E-state index contributed by atoms with van der Waals surface area (Å²) in [5, 5.41) is 9.08. The van der Waals surface area contributed by atoms with Crippen LogP contribution >= 0.6 is 22.7 Å². The van der Waals surface area contributed by atoms with Crippen molar-refractivity contribution >= 4 is 33.8 Å². The average Bonchev–Trinajstić information content (AvgIpc) is 2.99. The lowest BCUT2D eigenvalue weighted by molar-refractivity contribution is -0.139. The minimum Gasteiger partial charge on any atom is -0.469 e. The molecule has 0 atom stereocenters. The number of carbonyl (C=O) groups excluding carboxylic acids is 1. The molecular weight excluding hydrogens is 282 g/mol. The zero-order chi connectivity index (χ0) is 13.7. The Morgan fingerprint density at radius 1 is 1.32 bits per heavy atom. The molecule has 2 aromatic heterocycles. The number of aryl methyl sites for hydroxylation is 1. The van der Waals surface area contributed by atoms with Crippen LogP contribution < -0.4 is 5.32 Å². The third kappa shape index (κ3) is 4.29. The molecule has 2 rings (SSSR count). The fraction of sp³-hybridized carbons (Fsp3) is 0.417. The summed E-state index contributed by atoms with van der Waals surface area (Å²) in [5.41, 5.74) is 1.84. The van der Waals surface area contributed by atoms with Gasteiger partial charge in [-0.15, -0.1) is 22.7 Å². The van der Waals surface area contributed by atoms with Crippen LogP contribution in [0.4, 0.5) is 5.13 Å². The Bertz CT molecular complexity index is 551. The molecule has 2 heterocycles. The fourth-order valence-electron chi connectivity index (χ4n) is 1.51. The van der Waals surface area contributed by atoms with Crippen LogP contribution in [0.5, 0.6) is 0 Å². The van der Waals surface area contributed by atoms with Crippen molar-refractivity contribution in [1.82, 2.24) is 9.97 Å². The lowest BCUT2D eigenvalue weighted by atomic mass is 10.3. The van der Waals surface area contributed by atoms with Crippen molar-refractivity contribution < 1.29 is 9.53 Å². The highest BCUT2D eigenvalue weighted by Gasteiger charge is 2.07. The Balaban J connectivity index is 1.78. The van der Waals surface area contributed by atoms with Crippen molar-refractivity contribution in [2.75, 3.05) is 19.0 Å². The summed E-state index contributed by atoms with van der Waals surface area (Å²) in [6.07, 6.45) is 1.09. The number of hydrogen-bond acceptors (Lipinski definition) is 7. The number of methoxy groups -OCH3 is 1. The summed E-state index contributed by atoms with van der Waals surface area (Å²) in [4.78, 5) is 19.8. The molecule has 0 amide bonds. The molecule has 0 aromatic carbocycles. The van der Waals surface area contributed by atoms with Gasteiger partial charge in [0.1, 0.15) is 0 Å². The van der Waals surface area contributed by atoms with Crippen molar-refractivity contribution in [3.8, 4) is 0 Å². The van der Waals surface area contributed by atoms with E-state index in [4.69, 9.17) is 0 Å². The maximum absolute atomic E-state index is 11.1. The topological polar surface area (TPSA) is 64.1 Å². The Labute approximate surface area is 119 Å². The molecule has 0 radical (unpaired) electrons. The van der Waals surface area contributed by atoms with Gasteiger partial charge in [-0.25, -0.2) is 9.97 Å². The summed E-state index contributed by atoms with van der Waals surface area (Å²) >= 11 is 3.16. The maximum Gasteiger partial charge on any atom is 0.311 e. The summed E-state index contributed by atoms with van der Waals surface area (Å²) in [6.45, 7) is 2.79. The zero-order valence-corrected chi connectivity index (χ0v) is 12.4. The molecule has 1 N–H and O–H groups in total. The van der Waals surface area contributed by atoms with Crippen molar-refractivity contribution in [1.29, 1.82) is 0 Å². The summed E-state index contributed by atoms with van der Waals surface area (Å²) in [7, 11) is 1.38. The van der Waals surface area contributed by atoms with Gasteiger partial charge in [-0.05, 0) is 6.92 Å². The summed E-state index contributed by atoms with van der Waals surface area (Å²) in [6, 6.07) is 0. The number of hydrogen-bond donors (Lipinski definition) is 1. The molecule has 0 saturated carbocycles. The molecule has 0 aliphatic rings. The molecule has 19 heavy (non-hydrogen) atoms. The quantitative estimate of drug-likeness (QED) is 0.829. The predicted molar refractivity (Wildman–Crippen MR) is 76.9 cm³/mol. The Hall–Kier alpha value is -1.47. The predicted octanol–water partition coefficient (Wildman–Crippen LogP) is 2.28. The Morgan fingerprint density at radius 2 is 2.11 bits per heavy atom. The van der Waals surface area contributed by atoms with Crippen LogP contribution in [0.15, 0.2) is 10.8 Å². The number of carbonyl (C=O) groups is 1. The number of nitrogens with one attached hydrogen (secondary N) is 1. The van der Waals surface area contributed by atoms with Crippen LogP contribution in [0.2, 0.25) is 0 Å². The van der Waals surface area contributed by atoms with E-state index in [1.54, 1.807) is 11.3 Å². The third-order valence-electron chi connectivity index (χ3n) is 2.43. The molecule has 0 unspecified atom stereocenters. The second-order valence-corrected chi connectivity index (χ2v) is 5.85. The normalized spacial score (nSPS) is 10.4. The van der Waals surface area contributed by atoms with Crippen molar-refractivity contribution in [3.05, 3.63) is 27.2 Å². The van der Waals surface area contributed by atoms with E-state index in [1.807, 2.05) is 12.3 Å². The minimum atomic E-state index is -0.269. The van der Waals surface area contributed by atoms with Crippen LogP contribution in [0.1, 0.15) is 16.4 Å². The molecule has 0 aliphatic carbocycles. The van der Waals surface area contributed by atoms with Crippen LogP contribution in [0.3, 0.4) is 0 Å². The molecule has 2 aromatic rings. The molecule has 102 valence electrons. The van der Waals surface area contributed by atoms with Crippen LogP contribution in [0.25, 0.3) is 0 Å². The van der Waals surface area contributed by atoms with E-state index in [2.05, 4.69) is 25.4 Å². The lowest BCUT2D eigenvalue weighted by Crippen LogP contribution is -2.06. The largest absolute Gasteiger partial charge is 0.469 e. The maximum atomic E-state index is 11.1. The van der Waals surface area contributed by atoms with Gasteiger partial charge in [0, 0.05) is 23.7 Å². The SMILES string of the molecule is COC(=O)Cc1csc(NCCc2csc(C)n2)n1. The monoisotopic (exact) mass is 297 g/mol. The second kappa shape index (κ2) is 6.63. The number of anilines is 1. The van der Waals surface area contributed by atoms with Gasteiger partial charge in [-0.3, -0.25) is 4.79 Å². The Morgan fingerprint density at radius 3 is 2.79 bits per heavy atom. The molecule has 7 heteroatoms. The summed E-state index contributed by atoms with van der Waals surface area (Å²) in [5.74, 6) is -0.269. The first-order valence-corrected chi connectivity index (χ1v) is 7.59. The van der Waals surface area contributed by atoms with Crippen molar-refractivity contribution in [2.45, 2.75) is 19.8 Å². The van der Waals surface area contributed by atoms with Crippen LogP contribution in [-0.2, 0) is 22.4 Å². The standard InChI is InChI=1S/C12H15N3O2S2/c1-8-14-9(6-18-8)3-4-13-12-15-10(7-19-12)5-11(16)17-2/h6-7H,3-5H2,1-2H3,(H,13,15).